The molecule has 0 aliphatic carbocycles. The van der Waals surface area contributed by atoms with Crippen LogP contribution in [0.3, 0.4) is 0 Å². The van der Waals surface area contributed by atoms with Gasteiger partial charge in [-0.25, -0.2) is 4.98 Å². The second kappa shape index (κ2) is 7.88. The maximum Gasteiger partial charge on any atom is 0.314 e. The highest BCUT2D eigenvalue weighted by atomic mass is 35.5. The van der Waals surface area contributed by atoms with E-state index in [-0.39, 0.29) is 18.3 Å². The van der Waals surface area contributed by atoms with E-state index in [2.05, 4.69) is 15.2 Å². The Labute approximate surface area is 156 Å². The van der Waals surface area contributed by atoms with Gasteiger partial charge in [-0.1, -0.05) is 24.6 Å². The van der Waals surface area contributed by atoms with Gasteiger partial charge in [0.05, 0.1) is 6.54 Å². The molecule has 2 heterocycles. The first-order valence-corrected chi connectivity index (χ1v) is 8.86. The predicted molar refractivity (Wildman–Crippen MR) is 93.3 cm³/mol. The molecule has 3 aromatic rings. The third kappa shape index (κ3) is 4.05. The highest BCUT2D eigenvalue weighted by Gasteiger charge is 2.20. The fraction of sp³-hybridized carbons (Fsp3) is 0.250. The number of hydrogen-bond acceptors (Lipinski definition) is 6. The molecule has 136 valence electrons. The van der Waals surface area contributed by atoms with Gasteiger partial charge in [-0.3, -0.25) is 4.79 Å². The molecule has 10 heteroatoms. The van der Waals surface area contributed by atoms with Crippen molar-refractivity contribution in [2.75, 3.05) is 4.90 Å². The van der Waals surface area contributed by atoms with Crippen LogP contribution in [-0.4, -0.2) is 21.1 Å². The lowest BCUT2D eigenvalue weighted by Crippen LogP contribution is -2.29. The number of alkyl halides is 2. The van der Waals surface area contributed by atoms with Gasteiger partial charge in [0.2, 0.25) is 5.91 Å². The van der Waals surface area contributed by atoms with Gasteiger partial charge in [0.15, 0.2) is 0 Å². The Kier molecular flexibility index (Phi) is 5.58. The first-order valence-electron chi connectivity index (χ1n) is 7.60. The predicted octanol–water partition coefficient (Wildman–Crippen LogP) is 4.73. The number of thiazole rings is 1. The standard InChI is InChI=1S/C16H13ClF2N4O2S/c1-2-13(24)23(10-5-3-4-9(17)6-10)7-12-20-11(8-26-12)15-21-22-16(25-15)14(18)19/h3-6,8,14H,2,7H2,1H3. The summed E-state index contributed by atoms with van der Waals surface area (Å²) in [4.78, 5) is 18.2. The number of carbonyl (C=O) groups is 1. The number of carbonyl (C=O) groups excluding carboxylic acids is 1. The van der Waals surface area contributed by atoms with E-state index in [4.69, 9.17) is 16.0 Å². The Hall–Kier alpha value is -2.39. The van der Waals surface area contributed by atoms with Crippen LogP contribution >= 0.6 is 22.9 Å². The molecule has 2 aromatic heterocycles. The van der Waals surface area contributed by atoms with E-state index in [1.807, 2.05) is 0 Å². The van der Waals surface area contributed by atoms with Crippen LogP contribution in [0.1, 0.15) is 30.7 Å². The largest absolute Gasteiger partial charge is 0.414 e. The van der Waals surface area contributed by atoms with Crippen molar-refractivity contribution in [2.45, 2.75) is 26.3 Å². The number of halogens is 3. The summed E-state index contributed by atoms with van der Waals surface area (Å²) in [6, 6.07) is 6.94. The van der Waals surface area contributed by atoms with Crippen LogP contribution in [0.25, 0.3) is 11.6 Å². The Balaban J connectivity index is 1.83. The van der Waals surface area contributed by atoms with E-state index >= 15 is 0 Å². The number of amides is 1. The van der Waals surface area contributed by atoms with Crippen molar-refractivity contribution >= 4 is 34.5 Å². The molecule has 6 nitrogen and oxygen atoms in total. The SMILES string of the molecule is CCC(=O)N(Cc1nc(-c2nnc(C(F)F)o2)cs1)c1cccc(Cl)c1. The average Bonchev–Trinajstić information content (AvgIpc) is 3.28. The molecule has 26 heavy (non-hydrogen) atoms. The maximum absolute atomic E-state index is 12.6. The van der Waals surface area contributed by atoms with E-state index in [0.29, 0.717) is 27.8 Å². The van der Waals surface area contributed by atoms with Gasteiger partial charge >= 0.3 is 6.43 Å². The molecule has 1 aromatic carbocycles. The summed E-state index contributed by atoms with van der Waals surface area (Å²) in [6.45, 7) is 1.98. The van der Waals surface area contributed by atoms with Crippen molar-refractivity contribution in [3.8, 4) is 11.6 Å². The molecule has 0 radical (unpaired) electrons. The molecule has 0 saturated heterocycles. The minimum absolute atomic E-state index is 0.0843. The van der Waals surface area contributed by atoms with Gasteiger partial charge in [-0.15, -0.1) is 21.5 Å². The van der Waals surface area contributed by atoms with Gasteiger partial charge in [0.1, 0.15) is 10.7 Å². The summed E-state index contributed by atoms with van der Waals surface area (Å²) in [5.41, 5.74) is 0.943. The van der Waals surface area contributed by atoms with E-state index in [1.54, 1.807) is 41.5 Å². The zero-order valence-electron chi connectivity index (χ0n) is 13.5. The number of benzene rings is 1. The summed E-state index contributed by atoms with van der Waals surface area (Å²) >= 11 is 7.28. The summed E-state index contributed by atoms with van der Waals surface area (Å²) < 4.78 is 30.0. The first kappa shape index (κ1) is 18.4. The van der Waals surface area contributed by atoms with Crippen molar-refractivity contribution < 1.29 is 18.0 Å². The summed E-state index contributed by atoms with van der Waals surface area (Å²) in [7, 11) is 0. The lowest BCUT2D eigenvalue weighted by molar-refractivity contribution is -0.118. The highest BCUT2D eigenvalue weighted by Crippen LogP contribution is 2.27. The minimum Gasteiger partial charge on any atom is -0.414 e. The molecule has 0 N–H and O–H groups in total. The fourth-order valence-electron chi connectivity index (χ4n) is 2.20. The third-order valence-corrected chi connectivity index (χ3v) is 4.48. The van der Waals surface area contributed by atoms with Gasteiger partial charge < -0.3 is 9.32 Å². The zero-order valence-corrected chi connectivity index (χ0v) is 15.1. The number of hydrogen-bond donors (Lipinski definition) is 0. The number of aromatic nitrogens is 3. The molecule has 0 atom stereocenters. The molecule has 1 amide bonds. The highest BCUT2D eigenvalue weighted by molar-refractivity contribution is 7.10. The van der Waals surface area contributed by atoms with Gasteiger partial charge in [0.25, 0.3) is 11.8 Å². The summed E-state index contributed by atoms with van der Waals surface area (Å²) in [6.07, 6.45) is -2.53. The van der Waals surface area contributed by atoms with Crippen LogP contribution in [0.15, 0.2) is 34.1 Å². The molecule has 0 bridgehead atoms. The van der Waals surface area contributed by atoms with Gasteiger partial charge in [0, 0.05) is 22.5 Å². The third-order valence-electron chi connectivity index (χ3n) is 3.41. The quantitative estimate of drug-likeness (QED) is 0.600. The van der Waals surface area contributed by atoms with Crippen molar-refractivity contribution in [3.63, 3.8) is 0 Å². The van der Waals surface area contributed by atoms with Crippen LogP contribution in [0.5, 0.6) is 0 Å². The molecule has 0 fully saturated rings. The normalized spacial score (nSPS) is 11.1. The van der Waals surface area contributed by atoms with Crippen molar-refractivity contribution in [2.24, 2.45) is 0 Å². The van der Waals surface area contributed by atoms with Crippen LogP contribution in [0.2, 0.25) is 5.02 Å². The Bertz CT molecular complexity index is 915. The van der Waals surface area contributed by atoms with Crippen molar-refractivity contribution in [1.29, 1.82) is 0 Å². The average molecular weight is 399 g/mol. The molecular weight excluding hydrogens is 386 g/mol. The van der Waals surface area contributed by atoms with Crippen molar-refractivity contribution in [1.82, 2.24) is 15.2 Å². The Morgan fingerprint density at radius 2 is 2.19 bits per heavy atom. The lowest BCUT2D eigenvalue weighted by Gasteiger charge is -2.21. The van der Waals surface area contributed by atoms with E-state index in [9.17, 15) is 13.6 Å². The fourth-order valence-corrected chi connectivity index (χ4v) is 3.14. The van der Waals surface area contributed by atoms with Crippen molar-refractivity contribution in [3.05, 3.63) is 45.6 Å². The number of anilines is 1. The zero-order chi connectivity index (χ0) is 18.7. The molecule has 0 saturated carbocycles. The lowest BCUT2D eigenvalue weighted by atomic mass is 10.2. The second-order valence-electron chi connectivity index (χ2n) is 5.19. The Morgan fingerprint density at radius 1 is 1.38 bits per heavy atom. The van der Waals surface area contributed by atoms with Crippen LogP contribution in [0.4, 0.5) is 14.5 Å². The van der Waals surface area contributed by atoms with E-state index in [1.165, 1.54) is 11.3 Å². The monoisotopic (exact) mass is 398 g/mol. The molecule has 0 spiro atoms. The summed E-state index contributed by atoms with van der Waals surface area (Å²) in [5.74, 6) is -0.933. The topological polar surface area (TPSA) is 72.1 Å². The van der Waals surface area contributed by atoms with Gasteiger partial charge in [-0.05, 0) is 18.2 Å². The number of rotatable bonds is 6. The van der Waals surface area contributed by atoms with Gasteiger partial charge in [-0.2, -0.15) is 8.78 Å². The molecular formula is C16H13ClF2N4O2S. The molecule has 0 unspecified atom stereocenters. The minimum atomic E-state index is -2.84. The van der Waals surface area contributed by atoms with Crippen LogP contribution in [-0.2, 0) is 11.3 Å². The maximum atomic E-state index is 12.6. The molecule has 3 rings (SSSR count). The summed E-state index contributed by atoms with van der Waals surface area (Å²) in [5, 5.41) is 9.58. The first-order chi connectivity index (χ1) is 12.5. The Morgan fingerprint density at radius 3 is 2.85 bits per heavy atom. The smallest absolute Gasteiger partial charge is 0.314 e. The number of nitrogens with zero attached hydrogens (tertiary/aromatic N) is 4. The molecule has 0 aliphatic heterocycles. The molecule has 0 aliphatic rings. The van der Waals surface area contributed by atoms with E-state index in [0.717, 1.165) is 0 Å². The van der Waals surface area contributed by atoms with Crippen LogP contribution < -0.4 is 4.90 Å². The van der Waals surface area contributed by atoms with Crippen LogP contribution in [0, 0.1) is 0 Å². The second-order valence-corrected chi connectivity index (χ2v) is 6.57. The van der Waals surface area contributed by atoms with E-state index < -0.39 is 12.3 Å².